The molecule has 1 saturated carbocycles. The predicted molar refractivity (Wildman–Crippen MR) is 136 cm³/mol. The zero-order chi connectivity index (χ0) is 24.6. The minimum Gasteiger partial charge on any atom is -0.347 e. The van der Waals surface area contributed by atoms with Crippen molar-refractivity contribution in [1.82, 2.24) is 20.9 Å². The van der Waals surface area contributed by atoms with Crippen LogP contribution in [0.5, 0.6) is 0 Å². The highest BCUT2D eigenvalue weighted by molar-refractivity contribution is 7.17. The summed E-state index contributed by atoms with van der Waals surface area (Å²) >= 11 is 1.57. The molecule has 184 valence electrons. The molecule has 0 spiro atoms. The van der Waals surface area contributed by atoms with Crippen molar-refractivity contribution in [3.8, 4) is 0 Å². The van der Waals surface area contributed by atoms with Gasteiger partial charge in [-0.05, 0) is 50.6 Å². The van der Waals surface area contributed by atoms with E-state index in [1.54, 1.807) is 25.3 Å². The van der Waals surface area contributed by atoms with Gasteiger partial charge in [-0.2, -0.15) is 0 Å². The second-order valence-corrected chi connectivity index (χ2v) is 11.6. The van der Waals surface area contributed by atoms with E-state index in [4.69, 9.17) is 0 Å². The zero-order valence-electron chi connectivity index (χ0n) is 20.7. The molecular weight excluding hydrogens is 448 g/mol. The number of likely N-dealkylation sites (tertiary alicyclic amines) is 1. The Bertz CT molecular complexity index is 1080. The Kier molecular flexibility index (Phi) is 7.01. The molecule has 1 aliphatic heterocycles. The van der Waals surface area contributed by atoms with E-state index in [2.05, 4.69) is 16.0 Å². The molecule has 7 nitrogen and oxygen atoms in total. The monoisotopic (exact) mass is 484 g/mol. The molecule has 5 atom stereocenters. The largest absolute Gasteiger partial charge is 0.347 e. The van der Waals surface area contributed by atoms with Crippen LogP contribution in [-0.4, -0.2) is 60.4 Å². The number of thiophene rings is 1. The topological polar surface area (TPSA) is 90.5 Å². The summed E-state index contributed by atoms with van der Waals surface area (Å²) in [6.45, 7) is 8.36. The zero-order valence-corrected chi connectivity index (χ0v) is 21.5. The Morgan fingerprint density at radius 1 is 1.12 bits per heavy atom. The van der Waals surface area contributed by atoms with Crippen LogP contribution in [0, 0.1) is 11.3 Å². The molecular formula is C26H36N4O3S. The van der Waals surface area contributed by atoms with Crippen LogP contribution in [0.25, 0.3) is 10.1 Å². The van der Waals surface area contributed by atoms with Gasteiger partial charge in [-0.25, -0.2) is 0 Å². The van der Waals surface area contributed by atoms with Crippen molar-refractivity contribution >= 4 is 39.1 Å². The van der Waals surface area contributed by atoms with Crippen LogP contribution >= 0.6 is 11.3 Å². The lowest BCUT2D eigenvalue weighted by Gasteiger charge is -2.37. The molecule has 1 aliphatic carbocycles. The van der Waals surface area contributed by atoms with Crippen LogP contribution < -0.4 is 16.0 Å². The summed E-state index contributed by atoms with van der Waals surface area (Å²) in [5.74, 6) is 0.0536. The van der Waals surface area contributed by atoms with Gasteiger partial charge in [0.15, 0.2) is 0 Å². The fourth-order valence-electron chi connectivity index (χ4n) is 5.33. The number of carbonyl (C=O) groups is 3. The lowest BCUT2D eigenvalue weighted by atomic mass is 9.85. The molecule has 2 fully saturated rings. The maximum Gasteiger partial charge on any atom is 0.253 e. The molecule has 3 amide bonds. The van der Waals surface area contributed by atoms with E-state index in [1.165, 1.54) is 0 Å². The summed E-state index contributed by atoms with van der Waals surface area (Å²) in [6.07, 6.45) is 2.78. The standard InChI is InChI=1S/C26H36N4O3S/c1-15(27-5)23(31)29-22(26(2,3)4)25(33)30-13-12-16-10-11-19(21(16)30)28-24(32)18-14-34-20-9-7-6-8-17(18)20/h6-9,14-16,19,21-22,27H,10-13H2,1-5H3,(H,28,32)(H,29,31)/t15-,16?,19?,21?,22?/m0/s1. The summed E-state index contributed by atoms with van der Waals surface area (Å²) in [4.78, 5) is 41.6. The number of nitrogens with zero attached hydrogens (tertiary/aromatic N) is 1. The first-order valence-electron chi connectivity index (χ1n) is 12.2. The van der Waals surface area contributed by atoms with E-state index < -0.39 is 11.5 Å². The first-order valence-corrected chi connectivity index (χ1v) is 13.0. The molecule has 34 heavy (non-hydrogen) atoms. The van der Waals surface area contributed by atoms with Crippen molar-refractivity contribution in [3.05, 3.63) is 35.2 Å². The maximum atomic E-state index is 13.8. The van der Waals surface area contributed by atoms with E-state index in [0.29, 0.717) is 18.0 Å². The molecule has 1 aromatic heterocycles. The minimum absolute atomic E-state index is 0.0372. The fourth-order valence-corrected chi connectivity index (χ4v) is 6.27. The summed E-state index contributed by atoms with van der Waals surface area (Å²) in [5.41, 5.74) is 0.256. The quantitative estimate of drug-likeness (QED) is 0.588. The molecule has 8 heteroatoms. The average molecular weight is 485 g/mol. The summed E-state index contributed by atoms with van der Waals surface area (Å²) in [5, 5.41) is 12.1. The lowest BCUT2D eigenvalue weighted by molar-refractivity contribution is -0.141. The van der Waals surface area contributed by atoms with Crippen molar-refractivity contribution in [1.29, 1.82) is 0 Å². The summed E-state index contributed by atoms with van der Waals surface area (Å²) in [7, 11) is 1.73. The number of likely N-dealkylation sites (N-methyl/N-ethyl adjacent to an activating group) is 1. The third-order valence-electron chi connectivity index (χ3n) is 7.40. The number of hydrogen-bond acceptors (Lipinski definition) is 5. The second kappa shape index (κ2) is 9.66. The number of rotatable bonds is 6. The fraction of sp³-hybridized carbons (Fsp3) is 0.577. The van der Waals surface area contributed by atoms with Gasteiger partial charge in [-0.1, -0.05) is 39.0 Å². The number of hydrogen-bond donors (Lipinski definition) is 3. The number of fused-ring (bicyclic) bond motifs is 2. The summed E-state index contributed by atoms with van der Waals surface area (Å²) < 4.78 is 1.09. The van der Waals surface area contributed by atoms with Crippen LogP contribution in [0.3, 0.4) is 0 Å². The lowest BCUT2D eigenvalue weighted by Crippen LogP contribution is -2.60. The third-order valence-corrected chi connectivity index (χ3v) is 8.36. The second-order valence-electron chi connectivity index (χ2n) is 10.7. The van der Waals surface area contributed by atoms with E-state index in [-0.39, 0.29) is 35.8 Å². The summed E-state index contributed by atoms with van der Waals surface area (Å²) in [6, 6.07) is 6.79. The van der Waals surface area contributed by atoms with Gasteiger partial charge in [-0.15, -0.1) is 11.3 Å². The van der Waals surface area contributed by atoms with Crippen molar-refractivity contribution in [2.24, 2.45) is 11.3 Å². The molecule has 2 aliphatic rings. The molecule has 0 radical (unpaired) electrons. The van der Waals surface area contributed by atoms with Gasteiger partial charge in [0, 0.05) is 28.1 Å². The first-order chi connectivity index (χ1) is 16.1. The minimum atomic E-state index is -0.632. The molecule has 3 N–H and O–H groups in total. The van der Waals surface area contributed by atoms with Crippen LogP contribution in [0.15, 0.2) is 29.6 Å². The van der Waals surface area contributed by atoms with Gasteiger partial charge in [0.1, 0.15) is 6.04 Å². The number of carbonyl (C=O) groups excluding carboxylic acids is 3. The molecule has 1 saturated heterocycles. The Morgan fingerprint density at radius 2 is 1.85 bits per heavy atom. The average Bonchev–Trinajstić information content (AvgIpc) is 3.51. The van der Waals surface area contributed by atoms with Gasteiger partial charge in [0.05, 0.1) is 17.6 Å². The van der Waals surface area contributed by atoms with E-state index in [0.717, 1.165) is 29.3 Å². The molecule has 0 bridgehead atoms. The Morgan fingerprint density at radius 3 is 2.56 bits per heavy atom. The highest BCUT2D eigenvalue weighted by Gasteiger charge is 2.49. The van der Waals surface area contributed by atoms with Gasteiger partial charge in [0.25, 0.3) is 5.91 Å². The van der Waals surface area contributed by atoms with Crippen LogP contribution in [-0.2, 0) is 9.59 Å². The normalized spacial score (nSPS) is 24.0. The molecule has 4 rings (SSSR count). The van der Waals surface area contributed by atoms with E-state index in [1.807, 2.05) is 55.3 Å². The Hall–Kier alpha value is -2.45. The van der Waals surface area contributed by atoms with Gasteiger partial charge < -0.3 is 20.9 Å². The molecule has 2 heterocycles. The van der Waals surface area contributed by atoms with E-state index >= 15 is 0 Å². The molecule has 2 aromatic rings. The van der Waals surface area contributed by atoms with Crippen molar-refractivity contribution in [3.63, 3.8) is 0 Å². The van der Waals surface area contributed by atoms with Gasteiger partial charge >= 0.3 is 0 Å². The smallest absolute Gasteiger partial charge is 0.253 e. The SMILES string of the molecule is CN[C@@H](C)C(=O)NC(C(=O)N1CCC2CCC(NC(=O)c3csc4ccccc34)C21)C(C)(C)C. The van der Waals surface area contributed by atoms with Gasteiger partial charge in [0.2, 0.25) is 11.8 Å². The highest BCUT2D eigenvalue weighted by Crippen LogP contribution is 2.39. The maximum absolute atomic E-state index is 13.8. The highest BCUT2D eigenvalue weighted by atomic mass is 32.1. The Balaban J connectivity index is 1.52. The predicted octanol–water partition coefficient (Wildman–Crippen LogP) is 3.15. The van der Waals surface area contributed by atoms with Crippen LogP contribution in [0.4, 0.5) is 0 Å². The van der Waals surface area contributed by atoms with Crippen molar-refractivity contribution in [2.75, 3.05) is 13.6 Å². The number of nitrogens with one attached hydrogen (secondary N) is 3. The van der Waals surface area contributed by atoms with Crippen LogP contribution in [0.1, 0.15) is 57.3 Å². The molecule has 1 aromatic carbocycles. The first kappa shape index (κ1) is 24.7. The molecule has 4 unspecified atom stereocenters. The van der Waals surface area contributed by atoms with Gasteiger partial charge in [-0.3, -0.25) is 14.4 Å². The Labute approximate surface area is 205 Å². The van der Waals surface area contributed by atoms with Crippen LogP contribution in [0.2, 0.25) is 0 Å². The van der Waals surface area contributed by atoms with E-state index in [9.17, 15) is 14.4 Å². The van der Waals surface area contributed by atoms with Crippen molar-refractivity contribution < 1.29 is 14.4 Å². The number of amides is 3. The number of benzene rings is 1. The van der Waals surface area contributed by atoms with Crippen molar-refractivity contribution in [2.45, 2.75) is 71.1 Å². The third kappa shape index (κ3) is 4.70.